The Hall–Kier alpha value is -2.29. The van der Waals surface area contributed by atoms with E-state index >= 15 is 0 Å². The summed E-state index contributed by atoms with van der Waals surface area (Å²) in [5.41, 5.74) is 3.46. The molecule has 0 aliphatic carbocycles. The van der Waals surface area contributed by atoms with Crippen molar-refractivity contribution in [3.05, 3.63) is 65.2 Å². The maximum absolute atomic E-state index is 12.3. The monoisotopic (exact) mass is 297 g/mol. The van der Waals surface area contributed by atoms with Crippen LogP contribution in [0.2, 0.25) is 0 Å². The molecule has 2 aromatic rings. The lowest BCUT2D eigenvalue weighted by Gasteiger charge is -2.18. The first-order chi connectivity index (χ1) is 10.6. The number of hydrogen-bond acceptors (Lipinski definition) is 2. The lowest BCUT2D eigenvalue weighted by atomic mass is 10.1. The summed E-state index contributed by atoms with van der Waals surface area (Å²) in [7, 11) is 0. The van der Waals surface area contributed by atoms with Gasteiger partial charge in [-0.25, -0.2) is 0 Å². The Labute approximate surface area is 132 Å². The molecule has 0 saturated carbocycles. The number of ether oxygens (including phenoxy) is 1. The van der Waals surface area contributed by atoms with Gasteiger partial charge in [-0.2, -0.15) is 0 Å². The van der Waals surface area contributed by atoms with E-state index in [0.717, 1.165) is 16.9 Å². The molecule has 116 valence electrons. The van der Waals surface area contributed by atoms with Crippen LogP contribution in [0.25, 0.3) is 0 Å². The molecule has 0 fully saturated rings. The maximum atomic E-state index is 12.3. The Morgan fingerprint density at radius 1 is 1.09 bits per heavy atom. The standard InChI is InChI=1S/C19H23NO2/c1-4-18(22-17-11-10-14(2)15(3)12-17)19(21)20-13-16-8-6-5-7-9-16/h5-12,18H,4,13H2,1-3H3,(H,20,21). The number of aryl methyl sites for hydroxylation is 2. The molecule has 2 aromatic carbocycles. The first kappa shape index (κ1) is 16.1. The van der Waals surface area contributed by atoms with E-state index in [1.165, 1.54) is 5.56 Å². The number of amides is 1. The van der Waals surface area contributed by atoms with Crippen LogP contribution >= 0.6 is 0 Å². The molecule has 1 unspecified atom stereocenters. The lowest BCUT2D eigenvalue weighted by Crippen LogP contribution is -2.37. The molecule has 2 rings (SSSR count). The second-order valence-electron chi connectivity index (χ2n) is 5.46. The highest BCUT2D eigenvalue weighted by atomic mass is 16.5. The van der Waals surface area contributed by atoms with Crippen LogP contribution in [0.3, 0.4) is 0 Å². The van der Waals surface area contributed by atoms with Gasteiger partial charge in [-0.1, -0.05) is 43.3 Å². The van der Waals surface area contributed by atoms with Crippen molar-refractivity contribution < 1.29 is 9.53 Å². The molecule has 0 aromatic heterocycles. The van der Waals surface area contributed by atoms with Crippen molar-refractivity contribution >= 4 is 5.91 Å². The van der Waals surface area contributed by atoms with Gasteiger partial charge in [0.05, 0.1) is 0 Å². The van der Waals surface area contributed by atoms with E-state index in [1.54, 1.807) is 0 Å². The zero-order valence-corrected chi connectivity index (χ0v) is 13.4. The van der Waals surface area contributed by atoms with Crippen molar-refractivity contribution in [2.75, 3.05) is 0 Å². The third-order valence-electron chi connectivity index (χ3n) is 3.73. The molecule has 0 saturated heterocycles. The highest BCUT2D eigenvalue weighted by molar-refractivity contribution is 5.81. The van der Waals surface area contributed by atoms with E-state index < -0.39 is 6.10 Å². The van der Waals surface area contributed by atoms with Gasteiger partial charge in [0.25, 0.3) is 5.91 Å². The van der Waals surface area contributed by atoms with E-state index in [-0.39, 0.29) is 5.91 Å². The molecular weight excluding hydrogens is 274 g/mol. The smallest absolute Gasteiger partial charge is 0.261 e. The van der Waals surface area contributed by atoms with Crippen LogP contribution in [0.1, 0.15) is 30.0 Å². The Balaban J connectivity index is 1.95. The van der Waals surface area contributed by atoms with E-state index in [0.29, 0.717) is 13.0 Å². The van der Waals surface area contributed by atoms with Gasteiger partial charge in [0.1, 0.15) is 5.75 Å². The van der Waals surface area contributed by atoms with Crippen LogP contribution in [-0.2, 0) is 11.3 Å². The molecule has 22 heavy (non-hydrogen) atoms. The molecule has 0 aliphatic heterocycles. The lowest BCUT2D eigenvalue weighted by molar-refractivity contribution is -0.128. The first-order valence-corrected chi connectivity index (χ1v) is 7.65. The normalized spacial score (nSPS) is 11.8. The SMILES string of the molecule is CCC(Oc1ccc(C)c(C)c1)C(=O)NCc1ccccc1. The number of carbonyl (C=O) groups is 1. The minimum absolute atomic E-state index is 0.0791. The van der Waals surface area contributed by atoms with Crippen LogP contribution < -0.4 is 10.1 Å². The van der Waals surface area contributed by atoms with Gasteiger partial charge in [-0.15, -0.1) is 0 Å². The third kappa shape index (κ3) is 4.35. The average Bonchev–Trinajstić information content (AvgIpc) is 2.54. The largest absolute Gasteiger partial charge is 0.481 e. The number of nitrogens with one attached hydrogen (secondary N) is 1. The maximum Gasteiger partial charge on any atom is 0.261 e. The van der Waals surface area contributed by atoms with Crippen LogP contribution in [0.5, 0.6) is 5.75 Å². The van der Waals surface area contributed by atoms with Gasteiger partial charge >= 0.3 is 0 Å². The average molecular weight is 297 g/mol. The fraction of sp³-hybridized carbons (Fsp3) is 0.316. The minimum Gasteiger partial charge on any atom is -0.481 e. The van der Waals surface area contributed by atoms with Crippen LogP contribution in [0.15, 0.2) is 48.5 Å². The second kappa shape index (κ2) is 7.64. The molecule has 0 aliphatic rings. The summed E-state index contributed by atoms with van der Waals surface area (Å²) in [6.07, 6.45) is 0.166. The van der Waals surface area contributed by atoms with E-state index in [4.69, 9.17) is 4.74 Å². The summed E-state index contributed by atoms with van der Waals surface area (Å²) in [4.78, 5) is 12.3. The molecule has 3 nitrogen and oxygen atoms in total. The highest BCUT2D eigenvalue weighted by Gasteiger charge is 2.18. The predicted octanol–water partition coefficient (Wildman–Crippen LogP) is 3.78. The molecule has 3 heteroatoms. The fourth-order valence-corrected chi connectivity index (χ4v) is 2.17. The first-order valence-electron chi connectivity index (χ1n) is 7.65. The zero-order chi connectivity index (χ0) is 15.9. The molecule has 1 N–H and O–H groups in total. The van der Waals surface area contributed by atoms with Crippen molar-refractivity contribution in [3.63, 3.8) is 0 Å². The van der Waals surface area contributed by atoms with Gasteiger partial charge in [0, 0.05) is 6.54 Å². The highest BCUT2D eigenvalue weighted by Crippen LogP contribution is 2.18. The Kier molecular flexibility index (Phi) is 5.59. The molecular formula is C19H23NO2. The van der Waals surface area contributed by atoms with Crippen molar-refractivity contribution in [2.45, 2.75) is 39.8 Å². The summed E-state index contributed by atoms with van der Waals surface area (Å²) in [5.74, 6) is 0.661. The minimum atomic E-state index is -0.467. The Morgan fingerprint density at radius 3 is 2.45 bits per heavy atom. The summed E-state index contributed by atoms with van der Waals surface area (Å²) in [5, 5.41) is 2.93. The Bertz CT molecular complexity index is 623. The second-order valence-corrected chi connectivity index (χ2v) is 5.46. The molecule has 0 bridgehead atoms. The molecule has 0 heterocycles. The van der Waals surface area contributed by atoms with Gasteiger partial charge < -0.3 is 10.1 Å². The predicted molar refractivity (Wildman–Crippen MR) is 88.9 cm³/mol. The van der Waals surface area contributed by atoms with Gasteiger partial charge in [0.2, 0.25) is 0 Å². The van der Waals surface area contributed by atoms with Crippen LogP contribution in [0, 0.1) is 13.8 Å². The number of hydrogen-bond donors (Lipinski definition) is 1. The van der Waals surface area contributed by atoms with Crippen molar-refractivity contribution in [2.24, 2.45) is 0 Å². The quantitative estimate of drug-likeness (QED) is 0.881. The van der Waals surface area contributed by atoms with E-state index in [2.05, 4.69) is 12.2 Å². The number of rotatable bonds is 6. The molecule has 0 radical (unpaired) electrons. The third-order valence-corrected chi connectivity index (χ3v) is 3.73. The van der Waals surface area contributed by atoms with E-state index in [9.17, 15) is 4.79 Å². The fourth-order valence-electron chi connectivity index (χ4n) is 2.17. The van der Waals surface area contributed by atoms with Crippen molar-refractivity contribution in [1.82, 2.24) is 5.32 Å². The van der Waals surface area contributed by atoms with Crippen LogP contribution in [-0.4, -0.2) is 12.0 Å². The molecule has 0 spiro atoms. The summed E-state index contributed by atoms with van der Waals surface area (Å²) < 4.78 is 5.84. The Morgan fingerprint density at radius 2 is 1.82 bits per heavy atom. The topological polar surface area (TPSA) is 38.3 Å². The summed E-state index contributed by atoms with van der Waals surface area (Å²) >= 11 is 0. The van der Waals surface area contributed by atoms with Gasteiger partial charge in [0.15, 0.2) is 6.10 Å². The molecule has 1 amide bonds. The number of carbonyl (C=O) groups excluding carboxylic acids is 1. The summed E-state index contributed by atoms with van der Waals surface area (Å²) in [6.45, 7) is 6.57. The van der Waals surface area contributed by atoms with Crippen molar-refractivity contribution in [3.8, 4) is 5.75 Å². The summed E-state index contributed by atoms with van der Waals surface area (Å²) in [6, 6.07) is 15.8. The van der Waals surface area contributed by atoms with Gasteiger partial charge in [-0.3, -0.25) is 4.79 Å². The zero-order valence-electron chi connectivity index (χ0n) is 13.4. The van der Waals surface area contributed by atoms with Crippen molar-refractivity contribution in [1.29, 1.82) is 0 Å². The molecule has 1 atom stereocenters. The number of benzene rings is 2. The van der Waals surface area contributed by atoms with Crippen LogP contribution in [0.4, 0.5) is 0 Å². The van der Waals surface area contributed by atoms with E-state index in [1.807, 2.05) is 62.4 Å². The van der Waals surface area contributed by atoms with Gasteiger partial charge in [-0.05, 0) is 49.1 Å².